The van der Waals surface area contributed by atoms with Crippen molar-refractivity contribution in [3.63, 3.8) is 0 Å². The van der Waals surface area contributed by atoms with Crippen molar-refractivity contribution < 1.29 is 5.11 Å². The van der Waals surface area contributed by atoms with E-state index in [0.29, 0.717) is 12.5 Å². The van der Waals surface area contributed by atoms with Crippen molar-refractivity contribution in [3.8, 4) is 0 Å². The van der Waals surface area contributed by atoms with E-state index in [4.69, 9.17) is 22.4 Å². The number of hydrogen-bond donors (Lipinski definition) is 2. The summed E-state index contributed by atoms with van der Waals surface area (Å²) in [6.45, 7) is 2.80. The van der Waals surface area contributed by atoms with E-state index < -0.39 is 0 Å². The van der Waals surface area contributed by atoms with E-state index >= 15 is 0 Å². The molecular weight excluding hydrogens is 210 g/mol. The fourth-order valence-electron chi connectivity index (χ4n) is 1.65. The number of nitrogens with two attached hydrogens (primary N) is 1. The second-order valence-corrected chi connectivity index (χ2v) is 4.42. The fraction of sp³-hybridized carbons (Fsp3) is 0.500. The van der Waals surface area contributed by atoms with Gasteiger partial charge in [0.25, 0.3) is 0 Å². The van der Waals surface area contributed by atoms with Gasteiger partial charge in [-0.2, -0.15) is 0 Å². The van der Waals surface area contributed by atoms with Gasteiger partial charge in [0, 0.05) is 11.6 Å². The molecule has 0 saturated heterocycles. The van der Waals surface area contributed by atoms with Crippen LogP contribution in [0, 0.1) is 11.8 Å². The summed E-state index contributed by atoms with van der Waals surface area (Å²) in [6.07, 6.45) is 0.930. The van der Waals surface area contributed by atoms with Crippen molar-refractivity contribution in [1.29, 1.82) is 0 Å². The van der Waals surface area contributed by atoms with Crippen LogP contribution >= 0.6 is 11.6 Å². The molecule has 2 unspecified atom stereocenters. The highest BCUT2D eigenvalue weighted by Crippen LogP contribution is 2.18. The van der Waals surface area contributed by atoms with Gasteiger partial charge >= 0.3 is 0 Å². The Bertz CT molecular complexity index is 282. The number of aliphatic hydroxyl groups is 1. The van der Waals surface area contributed by atoms with Gasteiger partial charge in [-0.05, 0) is 42.5 Å². The van der Waals surface area contributed by atoms with Crippen molar-refractivity contribution in [1.82, 2.24) is 0 Å². The zero-order valence-corrected chi connectivity index (χ0v) is 9.74. The van der Waals surface area contributed by atoms with E-state index in [2.05, 4.69) is 6.92 Å². The first-order chi connectivity index (χ1) is 7.17. The van der Waals surface area contributed by atoms with Crippen LogP contribution in [0.25, 0.3) is 0 Å². The van der Waals surface area contributed by atoms with Gasteiger partial charge in [0.05, 0.1) is 0 Å². The Hall–Kier alpha value is -0.570. The van der Waals surface area contributed by atoms with Crippen molar-refractivity contribution >= 4 is 11.6 Å². The summed E-state index contributed by atoms with van der Waals surface area (Å²) in [6, 6.07) is 7.81. The summed E-state index contributed by atoms with van der Waals surface area (Å²) < 4.78 is 0. The minimum Gasteiger partial charge on any atom is -0.396 e. The van der Waals surface area contributed by atoms with Crippen LogP contribution in [0.4, 0.5) is 0 Å². The van der Waals surface area contributed by atoms with Crippen LogP contribution in [0.2, 0.25) is 5.02 Å². The normalized spacial score (nSPS) is 14.9. The number of halogens is 1. The molecule has 2 atom stereocenters. The molecule has 0 bridgehead atoms. The van der Waals surface area contributed by atoms with Crippen LogP contribution in [0.5, 0.6) is 0 Å². The maximum absolute atomic E-state index is 9.12. The van der Waals surface area contributed by atoms with Crippen molar-refractivity contribution in [2.24, 2.45) is 17.6 Å². The second-order valence-electron chi connectivity index (χ2n) is 3.99. The maximum Gasteiger partial charge on any atom is 0.0474 e. The molecule has 0 saturated carbocycles. The molecule has 0 spiro atoms. The van der Waals surface area contributed by atoms with Gasteiger partial charge in [0.2, 0.25) is 0 Å². The molecule has 0 aliphatic carbocycles. The number of aliphatic hydroxyl groups excluding tert-OH is 1. The molecule has 0 fully saturated rings. The average molecular weight is 228 g/mol. The molecule has 0 radical (unpaired) electrons. The average Bonchev–Trinajstić information content (AvgIpc) is 2.23. The Morgan fingerprint density at radius 3 is 2.40 bits per heavy atom. The van der Waals surface area contributed by atoms with Crippen molar-refractivity contribution in [2.45, 2.75) is 13.3 Å². The van der Waals surface area contributed by atoms with Gasteiger partial charge in [0.1, 0.15) is 0 Å². The third-order valence-corrected chi connectivity index (χ3v) is 3.06. The van der Waals surface area contributed by atoms with Crippen LogP contribution in [-0.4, -0.2) is 18.3 Å². The van der Waals surface area contributed by atoms with E-state index in [1.807, 2.05) is 24.3 Å². The molecule has 1 aromatic rings. The minimum atomic E-state index is 0.158. The Kier molecular flexibility index (Phi) is 5.09. The van der Waals surface area contributed by atoms with E-state index in [1.54, 1.807) is 0 Å². The summed E-state index contributed by atoms with van der Waals surface area (Å²) in [7, 11) is 0. The van der Waals surface area contributed by atoms with Gasteiger partial charge in [-0.1, -0.05) is 30.7 Å². The first kappa shape index (κ1) is 12.5. The molecular formula is C12H18ClNO. The molecule has 1 rings (SSSR count). The maximum atomic E-state index is 9.12. The SMILES string of the molecule is CC(Cc1ccc(Cl)cc1)C(CN)CO. The Morgan fingerprint density at radius 1 is 1.33 bits per heavy atom. The Balaban J connectivity index is 2.57. The standard InChI is InChI=1S/C12H18ClNO/c1-9(11(7-14)8-15)6-10-2-4-12(13)5-3-10/h2-5,9,11,15H,6-8,14H2,1H3. The lowest BCUT2D eigenvalue weighted by molar-refractivity contribution is 0.187. The molecule has 1 aromatic carbocycles. The second kappa shape index (κ2) is 6.11. The third kappa shape index (κ3) is 3.82. The number of hydrogen-bond acceptors (Lipinski definition) is 2. The zero-order chi connectivity index (χ0) is 11.3. The van der Waals surface area contributed by atoms with Crippen LogP contribution in [0.3, 0.4) is 0 Å². The highest BCUT2D eigenvalue weighted by molar-refractivity contribution is 6.30. The predicted molar refractivity (Wildman–Crippen MR) is 64.0 cm³/mol. The molecule has 3 heteroatoms. The lowest BCUT2D eigenvalue weighted by Gasteiger charge is -2.20. The Labute approximate surface area is 96.1 Å². The molecule has 0 aromatic heterocycles. The fourth-order valence-corrected chi connectivity index (χ4v) is 1.77. The smallest absolute Gasteiger partial charge is 0.0474 e. The van der Waals surface area contributed by atoms with E-state index in [-0.39, 0.29) is 12.5 Å². The monoisotopic (exact) mass is 227 g/mol. The van der Waals surface area contributed by atoms with E-state index in [0.717, 1.165) is 11.4 Å². The van der Waals surface area contributed by atoms with Gasteiger partial charge in [0.15, 0.2) is 0 Å². The molecule has 0 aliphatic rings. The van der Waals surface area contributed by atoms with E-state index in [1.165, 1.54) is 5.56 Å². The highest BCUT2D eigenvalue weighted by Gasteiger charge is 2.14. The minimum absolute atomic E-state index is 0.158. The number of rotatable bonds is 5. The van der Waals surface area contributed by atoms with Gasteiger partial charge in [-0.25, -0.2) is 0 Å². The topological polar surface area (TPSA) is 46.2 Å². The van der Waals surface area contributed by atoms with Gasteiger partial charge < -0.3 is 10.8 Å². The van der Waals surface area contributed by atoms with Crippen LogP contribution in [-0.2, 0) is 6.42 Å². The van der Waals surface area contributed by atoms with E-state index in [9.17, 15) is 0 Å². The summed E-state index contributed by atoms with van der Waals surface area (Å²) in [5.74, 6) is 0.571. The molecule has 0 amide bonds. The molecule has 15 heavy (non-hydrogen) atoms. The van der Waals surface area contributed by atoms with Crippen molar-refractivity contribution in [3.05, 3.63) is 34.9 Å². The summed E-state index contributed by atoms with van der Waals surface area (Å²) in [5, 5.41) is 9.87. The van der Waals surface area contributed by atoms with Crippen molar-refractivity contribution in [2.75, 3.05) is 13.2 Å². The van der Waals surface area contributed by atoms with Crippen LogP contribution in [0.15, 0.2) is 24.3 Å². The lowest BCUT2D eigenvalue weighted by Crippen LogP contribution is -2.26. The molecule has 0 aliphatic heterocycles. The van der Waals surface area contributed by atoms with Crippen LogP contribution < -0.4 is 5.73 Å². The first-order valence-corrected chi connectivity index (χ1v) is 5.60. The molecule has 3 N–H and O–H groups in total. The zero-order valence-electron chi connectivity index (χ0n) is 8.99. The summed E-state index contributed by atoms with van der Waals surface area (Å²) >= 11 is 5.81. The summed E-state index contributed by atoms with van der Waals surface area (Å²) in [4.78, 5) is 0. The molecule has 84 valence electrons. The van der Waals surface area contributed by atoms with Gasteiger partial charge in [-0.3, -0.25) is 0 Å². The quantitative estimate of drug-likeness (QED) is 0.809. The molecule has 2 nitrogen and oxygen atoms in total. The van der Waals surface area contributed by atoms with Gasteiger partial charge in [-0.15, -0.1) is 0 Å². The summed E-state index contributed by atoms with van der Waals surface area (Å²) in [5.41, 5.74) is 6.82. The largest absolute Gasteiger partial charge is 0.396 e. The third-order valence-electron chi connectivity index (χ3n) is 2.81. The predicted octanol–water partition coefficient (Wildman–Crippen LogP) is 2.09. The lowest BCUT2D eigenvalue weighted by atomic mass is 9.89. The van der Waals surface area contributed by atoms with Crippen LogP contribution in [0.1, 0.15) is 12.5 Å². The molecule has 0 heterocycles. The Morgan fingerprint density at radius 2 is 1.93 bits per heavy atom. The highest BCUT2D eigenvalue weighted by atomic mass is 35.5. The number of benzene rings is 1. The first-order valence-electron chi connectivity index (χ1n) is 5.22.